The Bertz CT molecular complexity index is 817. The maximum Gasteiger partial charge on any atom is 0.251 e. The highest BCUT2D eigenvalue weighted by Crippen LogP contribution is 2.19. The van der Waals surface area contributed by atoms with Crippen LogP contribution in [-0.2, 0) is 6.42 Å². The molecule has 0 aliphatic carbocycles. The number of benzene rings is 2. The number of amides is 1. The highest BCUT2D eigenvalue weighted by molar-refractivity contribution is 7.13. The average molecular weight is 353 g/mol. The summed E-state index contributed by atoms with van der Waals surface area (Å²) in [6.07, 6.45) is 2.51. The molecule has 2 N–H and O–H groups in total. The number of ether oxygens (including phenoxy) is 1. The van der Waals surface area contributed by atoms with Crippen LogP contribution in [0.1, 0.15) is 15.9 Å². The first-order valence-corrected chi connectivity index (χ1v) is 8.80. The number of hydrogen-bond acceptors (Lipinski definition) is 5. The summed E-state index contributed by atoms with van der Waals surface area (Å²) in [6.45, 7) is 0.579. The summed E-state index contributed by atoms with van der Waals surface area (Å²) in [6, 6.07) is 15.2. The lowest BCUT2D eigenvalue weighted by Crippen LogP contribution is -2.25. The van der Waals surface area contributed by atoms with Crippen LogP contribution >= 0.6 is 11.3 Å². The highest BCUT2D eigenvalue weighted by Gasteiger charge is 2.06. The normalized spacial score (nSPS) is 10.3. The van der Waals surface area contributed by atoms with Gasteiger partial charge in [0.05, 0.1) is 7.11 Å². The predicted molar refractivity (Wildman–Crippen MR) is 101 cm³/mol. The molecule has 0 aliphatic rings. The van der Waals surface area contributed by atoms with Crippen LogP contribution < -0.4 is 15.4 Å². The average Bonchev–Trinajstić information content (AvgIpc) is 3.15. The molecule has 0 aliphatic heterocycles. The molecule has 3 rings (SSSR count). The van der Waals surface area contributed by atoms with Gasteiger partial charge in [-0.3, -0.25) is 4.79 Å². The Morgan fingerprint density at radius 1 is 1.20 bits per heavy atom. The van der Waals surface area contributed by atoms with E-state index in [-0.39, 0.29) is 5.91 Å². The minimum atomic E-state index is -0.0868. The molecule has 0 spiro atoms. The maximum atomic E-state index is 12.3. The summed E-state index contributed by atoms with van der Waals surface area (Å²) < 4.78 is 5.14. The zero-order valence-corrected chi connectivity index (χ0v) is 14.7. The van der Waals surface area contributed by atoms with E-state index in [9.17, 15) is 4.79 Å². The van der Waals surface area contributed by atoms with E-state index >= 15 is 0 Å². The largest absolute Gasteiger partial charge is 0.497 e. The quantitative estimate of drug-likeness (QED) is 0.677. The van der Waals surface area contributed by atoms with E-state index in [1.54, 1.807) is 19.4 Å². The number of hydrogen-bond donors (Lipinski definition) is 2. The van der Waals surface area contributed by atoms with E-state index in [0.29, 0.717) is 12.1 Å². The minimum Gasteiger partial charge on any atom is -0.497 e. The number of nitrogens with one attached hydrogen (secondary N) is 2. The topological polar surface area (TPSA) is 63.2 Å². The van der Waals surface area contributed by atoms with Crippen molar-refractivity contribution >= 4 is 28.1 Å². The Balaban J connectivity index is 1.53. The van der Waals surface area contributed by atoms with Crippen LogP contribution in [0.5, 0.6) is 5.75 Å². The predicted octanol–water partition coefficient (Wildman–Crippen LogP) is 3.87. The fourth-order valence-corrected chi connectivity index (χ4v) is 2.91. The summed E-state index contributed by atoms with van der Waals surface area (Å²) in [7, 11) is 1.65. The lowest BCUT2D eigenvalue weighted by Gasteiger charge is -2.08. The van der Waals surface area contributed by atoms with Crippen molar-refractivity contribution in [2.75, 3.05) is 19.0 Å². The van der Waals surface area contributed by atoms with Gasteiger partial charge in [-0.1, -0.05) is 18.2 Å². The standard InChI is InChI=1S/C19H19N3O2S/c1-24-17-7-5-14(6-8-17)9-10-20-18(23)15-3-2-4-16(13-15)22-19-21-11-12-25-19/h2-8,11-13H,9-10H2,1H3,(H,20,23)(H,21,22). The third-order valence-corrected chi connectivity index (χ3v) is 4.36. The van der Waals surface area contributed by atoms with E-state index in [0.717, 1.165) is 28.6 Å². The van der Waals surface area contributed by atoms with Crippen molar-refractivity contribution in [3.63, 3.8) is 0 Å². The maximum absolute atomic E-state index is 12.3. The van der Waals surface area contributed by atoms with Crippen LogP contribution in [0.15, 0.2) is 60.1 Å². The first kappa shape index (κ1) is 17.0. The van der Waals surface area contributed by atoms with Gasteiger partial charge < -0.3 is 15.4 Å². The molecule has 5 nitrogen and oxygen atoms in total. The van der Waals surface area contributed by atoms with Crippen molar-refractivity contribution in [2.45, 2.75) is 6.42 Å². The molecule has 1 heterocycles. The lowest BCUT2D eigenvalue weighted by atomic mass is 10.1. The van der Waals surface area contributed by atoms with E-state index in [2.05, 4.69) is 15.6 Å². The molecule has 128 valence electrons. The number of aromatic nitrogens is 1. The molecule has 1 aromatic heterocycles. The molecule has 0 radical (unpaired) electrons. The van der Waals surface area contributed by atoms with Crippen LogP contribution in [0.4, 0.5) is 10.8 Å². The van der Waals surface area contributed by atoms with Gasteiger partial charge >= 0.3 is 0 Å². The van der Waals surface area contributed by atoms with Gasteiger partial charge in [0.15, 0.2) is 5.13 Å². The minimum absolute atomic E-state index is 0.0868. The van der Waals surface area contributed by atoms with E-state index < -0.39 is 0 Å². The second-order valence-corrected chi connectivity index (χ2v) is 6.29. The van der Waals surface area contributed by atoms with Crippen molar-refractivity contribution in [3.8, 4) is 5.75 Å². The Morgan fingerprint density at radius 2 is 2.04 bits per heavy atom. The summed E-state index contributed by atoms with van der Waals surface area (Å²) in [5.74, 6) is 0.744. The van der Waals surface area contributed by atoms with Crippen molar-refractivity contribution in [2.24, 2.45) is 0 Å². The van der Waals surface area contributed by atoms with Crippen LogP contribution in [-0.4, -0.2) is 24.5 Å². The molecular formula is C19H19N3O2S. The monoisotopic (exact) mass is 353 g/mol. The summed E-state index contributed by atoms with van der Waals surface area (Å²) >= 11 is 1.51. The molecule has 25 heavy (non-hydrogen) atoms. The molecule has 0 saturated carbocycles. The third-order valence-electron chi connectivity index (χ3n) is 3.67. The number of carbonyl (C=O) groups is 1. The van der Waals surface area contributed by atoms with Crippen LogP contribution in [0, 0.1) is 0 Å². The van der Waals surface area contributed by atoms with Crippen LogP contribution in [0.3, 0.4) is 0 Å². The fourth-order valence-electron chi connectivity index (χ4n) is 2.36. The number of methoxy groups -OCH3 is 1. The third kappa shape index (κ3) is 4.81. The number of anilines is 2. The van der Waals surface area contributed by atoms with Gasteiger partial charge in [-0.2, -0.15) is 0 Å². The zero-order valence-electron chi connectivity index (χ0n) is 13.9. The molecule has 1 amide bonds. The number of thiazole rings is 1. The number of nitrogens with zero attached hydrogens (tertiary/aromatic N) is 1. The Morgan fingerprint density at radius 3 is 2.76 bits per heavy atom. The van der Waals surface area contributed by atoms with Gasteiger partial charge in [0, 0.05) is 29.4 Å². The van der Waals surface area contributed by atoms with E-state index in [4.69, 9.17) is 4.74 Å². The van der Waals surface area contributed by atoms with Crippen molar-refractivity contribution in [1.82, 2.24) is 10.3 Å². The smallest absolute Gasteiger partial charge is 0.251 e. The SMILES string of the molecule is COc1ccc(CCNC(=O)c2cccc(Nc3nccs3)c2)cc1. The summed E-state index contributed by atoms with van der Waals surface area (Å²) in [5, 5.41) is 8.84. The molecule has 3 aromatic rings. The van der Waals surface area contributed by atoms with E-state index in [1.807, 2.05) is 47.8 Å². The van der Waals surface area contributed by atoms with Crippen LogP contribution in [0.2, 0.25) is 0 Å². The van der Waals surface area contributed by atoms with Gasteiger partial charge in [-0.15, -0.1) is 11.3 Å². The van der Waals surface area contributed by atoms with Gasteiger partial charge in [-0.25, -0.2) is 4.98 Å². The first-order chi connectivity index (χ1) is 12.2. The Kier molecular flexibility index (Phi) is 5.64. The lowest BCUT2D eigenvalue weighted by molar-refractivity contribution is 0.0954. The summed E-state index contributed by atoms with van der Waals surface area (Å²) in [4.78, 5) is 16.5. The highest BCUT2D eigenvalue weighted by atomic mass is 32.1. The van der Waals surface area contributed by atoms with Crippen molar-refractivity contribution < 1.29 is 9.53 Å². The molecule has 6 heteroatoms. The van der Waals surface area contributed by atoms with Gasteiger partial charge in [0.25, 0.3) is 5.91 Å². The van der Waals surface area contributed by atoms with Gasteiger partial charge in [0.2, 0.25) is 0 Å². The Labute approximate surface area is 150 Å². The number of rotatable bonds is 7. The summed E-state index contributed by atoms with van der Waals surface area (Å²) in [5.41, 5.74) is 2.62. The second-order valence-electron chi connectivity index (χ2n) is 5.40. The molecule has 0 unspecified atom stereocenters. The van der Waals surface area contributed by atoms with Crippen molar-refractivity contribution in [1.29, 1.82) is 0 Å². The zero-order chi connectivity index (χ0) is 17.5. The van der Waals surface area contributed by atoms with E-state index in [1.165, 1.54) is 11.3 Å². The molecule has 0 saturated heterocycles. The van der Waals surface area contributed by atoms with Gasteiger partial charge in [0.1, 0.15) is 5.75 Å². The molecule has 0 fully saturated rings. The van der Waals surface area contributed by atoms with Crippen molar-refractivity contribution in [3.05, 3.63) is 71.2 Å². The van der Waals surface area contributed by atoms with Crippen LogP contribution in [0.25, 0.3) is 0 Å². The first-order valence-electron chi connectivity index (χ1n) is 7.92. The molecular weight excluding hydrogens is 334 g/mol. The molecule has 0 bridgehead atoms. The molecule has 2 aromatic carbocycles. The molecule has 0 atom stereocenters. The number of carbonyl (C=O) groups excluding carboxylic acids is 1. The Hall–Kier alpha value is -2.86. The fraction of sp³-hybridized carbons (Fsp3) is 0.158. The van der Waals surface area contributed by atoms with Gasteiger partial charge in [-0.05, 0) is 42.3 Å². The second kappa shape index (κ2) is 8.30.